The molecule has 0 fully saturated rings. The first-order valence-electron chi connectivity index (χ1n) is 6.12. The molecule has 0 spiro atoms. The van der Waals surface area contributed by atoms with Gasteiger partial charge >= 0.3 is 5.97 Å². The number of hydrogen-bond acceptors (Lipinski definition) is 5. The van der Waals surface area contributed by atoms with Crippen LogP contribution in [-0.4, -0.2) is 12.6 Å². The maximum Gasteiger partial charge on any atom is 0.341 e. The molecule has 20 heavy (non-hydrogen) atoms. The molecule has 104 valence electrons. The van der Waals surface area contributed by atoms with Crippen LogP contribution in [0.25, 0.3) is 10.4 Å². The highest BCUT2D eigenvalue weighted by Crippen LogP contribution is 2.46. The number of thiophene rings is 1. The molecule has 0 aliphatic carbocycles. The first-order chi connectivity index (χ1) is 9.61. The van der Waals surface area contributed by atoms with E-state index in [9.17, 15) is 9.18 Å². The summed E-state index contributed by atoms with van der Waals surface area (Å²) in [4.78, 5) is 12.7. The number of halogens is 1. The Kier molecular flexibility index (Phi) is 3.10. The van der Waals surface area contributed by atoms with Gasteiger partial charge in [0.1, 0.15) is 28.7 Å². The minimum atomic E-state index is -0.467. The van der Waals surface area contributed by atoms with Crippen LogP contribution in [0.2, 0.25) is 0 Å². The minimum absolute atomic E-state index is 0.232. The molecule has 1 aromatic heterocycles. The Morgan fingerprint density at radius 2 is 2.35 bits per heavy atom. The summed E-state index contributed by atoms with van der Waals surface area (Å²) in [5.74, 6) is -0.230. The maximum absolute atomic E-state index is 13.4. The van der Waals surface area contributed by atoms with Crippen LogP contribution in [0.1, 0.15) is 22.8 Å². The van der Waals surface area contributed by atoms with Crippen molar-refractivity contribution in [2.45, 2.75) is 13.5 Å². The van der Waals surface area contributed by atoms with Crippen LogP contribution < -0.4 is 10.5 Å². The normalized spacial score (nSPS) is 12.3. The monoisotopic (exact) mass is 293 g/mol. The molecule has 1 aliphatic rings. The highest BCUT2D eigenvalue weighted by atomic mass is 32.1. The lowest BCUT2D eigenvalue weighted by molar-refractivity contribution is 0.0525. The second-order valence-corrected chi connectivity index (χ2v) is 5.35. The summed E-state index contributed by atoms with van der Waals surface area (Å²) in [6.45, 7) is 2.23. The molecule has 1 aliphatic heterocycles. The van der Waals surface area contributed by atoms with Crippen molar-refractivity contribution in [1.82, 2.24) is 0 Å². The average Bonchev–Trinajstić information content (AvgIpc) is 2.75. The zero-order valence-electron chi connectivity index (χ0n) is 10.7. The second-order valence-electron chi connectivity index (χ2n) is 4.30. The fourth-order valence-electron chi connectivity index (χ4n) is 2.22. The third-order valence-corrected chi connectivity index (χ3v) is 4.17. The lowest BCUT2D eigenvalue weighted by Crippen LogP contribution is -2.12. The standard InChI is InChI=1S/C14H12FNO3S/c1-2-18-14(17)11-9-6-19-10-4-3-7(15)5-8(10)12(9)20-13(11)16/h3-5H,2,6,16H2,1H3. The zero-order chi connectivity index (χ0) is 14.3. The number of nitrogens with two attached hydrogens (primary N) is 1. The molecular formula is C14H12FNO3S. The van der Waals surface area contributed by atoms with Gasteiger partial charge in [0.05, 0.1) is 6.61 Å². The van der Waals surface area contributed by atoms with Gasteiger partial charge < -0.3 is 15.2 Å². The number of carbonyl (C=O) groups excluding carboxylic acids is 1. The van der Waals surface area contributed by atoms with Gasteiger partial charge in [0.2, 0.25) is 0 Å². The predicted octanol–water partition coefficient (Wildman–Crippen LogP) is 3.21. The van der Waals surface area contributed by atoms with Crippen molar-refractivity contribution >= 4 is 22.3 Å². The molecule has 0 bridgehead atoms. The summed E-state index contributed by atoms with van der Waals surface area (Å²) in [6.07, 6.45) is 0. The first-order valence-corrected chi connectivity index (χ1v) is 6.94. The molecule has 3 rings (SSSR count). The minimum Gasteiger partial charge on any atom is -0.488 e. The van der Waals surface area contributed by atoms with Crippen molar-refractivity contribution in [2.75, 3.05) is 12.3 Å². The van der Waals surface area contributed by atoms with Crippen molar-refractivity contribution < 1.29 is 18.7 Å². The predicted molar refractivity (Wildman–Crippen MR) is 74.4 cm³/mol. The third-order valence-electron chi connectivity index (χ3n) is 3.07. The Balaban J connectivity index is 2.16. The van der Waals surface area contributed by atoms with E-state index in [1.54, 1.807) is 13.0 Å². The van der Waals surface area contributed by atoms with E-state index in [0.29, 0.717) is 27.4 Å². The van der Waals surface area contributed by atoms with E-state index in [2.05, 4.69) is 0 Å². The molecule has 0 amide bonds. The Morgan fingerprint density at radius 1 is 1.55 bits per heavy atom. The maximum atomic E-state index is 13.4. The van der Waals surface area contributed by atoms with E-state index in [1.165, 1.54) is 23.5 Å². The summed E-state index contributed by atoms with van der Waals surface area (Å²) in [7, 11) is 0. The Hall–Kier alpha value is -2.08. The van der Waals surface area contributed by atoms with Crippen molar-refractivity contribution in [3.8, 4) is 16.2 Å². The van der Waals surface area contributed by atoms with E-state index in [-0.39, 0.29) is 19.0 Å². The third kappa shape index (κ3) is 1.92. The van der Waals surface area contributed by atoms with Crippen LogP contribution in [0, 0.1) is 5.82 Å². The van der Waals surface area contributed by atoms with Crippen LogP contribution in [-0.2, 0) is 11.3 Å². The van der Waals surface area contributed by atoms with Crippen molar-refractivity contribution in [3.63, 3.8) is 0 Å². The summed E-state index contributed by atoms with van der Waals surface area (Å²) in [5.41, 5.74) is 7.54. The van der Waals surface area contributed by atoms with Crippen LogP contribution in [0.5, 0.6) is 5.75 Å². The fraction of sp³-hybridized carbons (Fsp3) is 0.214. The molecule has 0 saturated heterocycles. The first kappa shape index (κ1) is 12.9. The Morgan fingerprint density at radius 3 is 3.10 bits per heavy atom. The van der Waals surface area contributed by atoms with Gasteiger partial charge in [-0.05, 0) is 25.1 Å². The lowest BCUT2D eigenvalue weighted by atomic mass is 10.0. The number of benzene rings is 1. The smallest absolute Gasteiger partial charge is 0.341 e. The molecule has 2 aromatic rings. The van der Waals surface area contributed by atoms with Crippen LogP contribution in [0.3, 0.4) is 0 Å². The number of fused-ring (bicyclic) bond motifs is 3. The lowest BCUT2D eigenvalue weighted by Gasteiger charge is -2.18. The summed E-state index contributed by atoms with van der Waals surface area (Å²) in [5, 5.41) is 0.370. The number of esters is 1. The SMILES string of the molecule is CCOC(=O)c1c(N)sc2c1COc1ccc(F)cc1-2. The van der Waals surface area contributed by atoms with Gasteiger partial charge in [0.25, 0.3) is 0 Å². The highest BCUT2D eigenvalue weighted by Gasteiger charge is 2.29. The topological polar surface area (TPSA) is 61.5 Å². The Labute approximate surface area is 118 Å². The highest BCUT2D eigenvalue weighted by molar-refractivity contribution is 7.20. The number of carbonyl (C=O) groups is 1. The number of nitrogen functional groups attached to an aromatic ring is 1. The van der Waals surface area contributed by atoms with Crippen molar-refractivity contribution in [1.29, 1.82) is 0 Å². The summed E-state index contributed by atoms with van der Waals surface area (Å²) in [6, 6.07) is 4.30. The van der Waals surface area contributed by atoms with Crippen molar-refractivity contribution in [2.24, 2.45) is 0 Å². The average molecular weight is 293 g/mol. The zero-order valence-corrected chi connectivity index (χ0v) is 11.6. The number of anilines is 1. The molecule has 1 aromatic carbocycles. The molecule has 2 heterocycles. The van der Waals surface area contributed by atoms with E-state index in [1.807, 2.05) is 0 Å². The Bertz CT molecular complexity index is 696. The van der Waals surface area contributed by atoms with Gasteiger partial charge in [0.15, 0.2) is 0 Å². The van der Waals surface area contributed by atoms with E-state index in [0.717, 1.165) is 4.88 Å². The molecule has 0 saturated carbocycles. The van der Waals surface area contributed by atoms with Gasteiger partial charge in [-0.15, -0.1) is 11.3 Å². The van der Waals surface area contributed by atoms with Gasteiger partial charge in [-0.2, -0.15) is 0 Å². The molecule has 6 heteroatoms. The molecule has 0 radical (unpaired) electrons. The van der Waals surface area contributed by atoms with Crippen LogP contribution in [0.4, 0.5) is 9.39 Å². The van der Waals surface area contributed by atoms with Crippen LogP contribution >= 0.6 is 11.3 Å². The molecule has 2 N–H and O–H groups in total. The molecule has 0 unspecified atom stereocenters. The molecule has 0 atom stereocenters. The molecule has 4 nitrogen and oxygen atoms in total. The fourth-order valence-corrected chi connectivity index (χ4v) is 3.30. The van der Waals surface area contributed by atoms with Crippen molar-refractivity contribution in [3.05, 3.63) is 35.1 Å². The van der Waals surface area contributed by atoms with Gasteiger partial charge in [-0.25, -0.2) is 9.18 Å². The molecular weight excluding hydrogens is 281 g/mol. The van der Waals surface area contributed by atoms with E-state index < -0.39 is 5.97 Å². The van der Waals surface area contributed by atoms with Crippen LogP contribution in [0.15, 0.2) is 18.2 Å². The largest absolute Gasteiger partial charge is 0.488 e. The summed E-state index contributed by atoms with van der Waals surface area (Å²) >= 11 is 1.25. The quantitative estimate of drug-likeness (QED) is 0.864. The summed E-state index contributed by atoms with van der Waals surface area (Å²) < 4.78 is 24.0. The van der Waals surface area contributed by atoms with Gasteiger partial charge in [-0.1, -0.05) is 0 Å². The second kappa shape index (κ2) is 4.79. The van der Waals surface area contributed by atoms with Gasteiger partial charge in [0, 0.05) is 16.0 Å². The number of hydrogen-bond donors (Lipinski definition) is 1. The van der Waals surface area contributed by atoms with E-state index in [4.69, 9.17) is 15.2 Å². The number of ether oxygens (including phenoxy) is 2. The van der Waals surface area contributed by atoms with Gasteiger partial charge in [-0.3, -0.25) is 0 Å². The number of rotatable bonds is 2. The van der Waals surface area contributed by atoms with E-state index >= 15 is 0 Å².